The Morgan fingerprint density at radius 1 is 1.05 bits per heavy atom. The SMILES string of the molecule is N#Cc1cc(OC(=O)c2ccccc2)nc2ccccc12. The molecule has 0 radical (unpaired) electrons. The van der Waals surface area contributed by atoms with Crippen LogP contribution in [0.25, 0.3) is 10.9 Å². The number of esters is 1. The molecule has 0 atom stereocenters. The van der Waals surface area contributed by atoms with Gasteiger partial charge in [0.25, 0.3) is 0 Å². The van der Waals surface area contributed by atoms with Crippen molar-refractivity contribution in [2.45, 2.75) is 0 Å². The van der Waals surface area contributed by atoms with E-state index in [0.29, 0.717) is 16.6 Å². The molecule has 1 heterocycles. The van der Waals surface area contributed by atoms with Crippen LogP contribution in [0.5, 0.6) is 5.88 Å². The number of hydrogen-bond acceptors (Lipinski definition) is 4. The molecule has 0 fully saturated rings. The maximum atomic E-state index is 12.0. The first kappa shape index (κ1) is 12.8. The Bertz CT molecular complexity index is 852. The Hall–Kier alpha value is -3.19. The highest BCUT2D eigenvalue weighted by Crippen LogP contribution is 2.21. The molecule has 0 aliphatic heterocycles. The molecule has 0 aliphatic rings. The van der Waals surface area contributed by atoms with Gasteiger partial charge in [-0.15, -0.1) is 0 Å². The summed E-state index contributed by atoms with van der Waals surface area (Å²) in [5, 5.41) is 9.93. The predicted molar refractivity (Wildman–Crippen MR) is 77.9 cm³/mol. The third kappa shape index (κ3) is 2.58. The van der Waals surface area contributed by atoms with E-state index >= 15 is 0 Å². The number of pyridine rings is 1. The zero-order valence-corrected chi connectivity index (χ0v) is 11.0. The van der Waals surface area contributed by atoms with Crippen molar-refractivity contribution in [3.63, 3.8) is 0 Å². The van der Waals surface area contributed by atoms with Crippen molar-refractivity contribution in [3.8, 4) is 11.9 Å². The van der Waals surface area contributed by atoms with Crippen molar-refractivity contribution < 1.29 is 9.53 Å². The van der Waals surface area contributed by atoms with Crippen molar-refractivity contribution in [1.29, 1.82) is 5.26 Å². The summed E-state index contributed by atoms with van der Waals surface area (Å²) >= 11 is 0. The van der Waals surface area contributed by atoms with Gasteiger partial charge in [0, 0.05) is 11.5 Å². The van der Waals surface area contributed by atoms with E-state index in [9.17, 15) is 10.1 Å². The Morgan fingerprint density at radius 2 is 1.76 bits per heavy atom. The number of aromatic nitrogens is 1. The van der Waals surface area contributed by atoms with Crippen LogP contribution < -0.4 is 4.74 Å². The Kier molecular flexibility index (Phi) is 3.32. The second kappa shape index (κ2) is 5.43. The van der Waals surface area contributed by atoms with Crippen molar-refractivity contribution in [3.05, 3.63) is 71.8 Å². The molecule has 0 amide bonds. The molecule has 0 saturated heterocycles. The van der Waals surface area contributed by atoms with Crippen LogP contribution in [0.4, 0.5) is 0 Å². The van der Waals surface area contributed by atoms with Gasteiger partial charge in [-0.3, -0.25) is 0 Å². The molecule has 3 rings (SSSR count). The number of hydrogen-bond donors (Lipinski definition) is 0. The van der Waals surface area contributed by atoms with E-state index in [0.717, 1.165) is 5.39 Å². The van der Waals surface area contributed by atoms with Crippen LogP contribution in [0.2, 0.25) is 0 Å². The topological polar surface area (TPSA) is 63.0 Å². The molecular weight excluding hydrogens is 264 g/mol. The zero-order chi connectivity index (χ0) is 14.7. The maximum absolute atomic E-state index is 12.0. The molecule has 0 aliphatic carbocycles. The summed E-state index contributed by atoms with van der Waals surface area (Å²) in [4.78, 5) is 16.3. The molecule has 21 heavy (non-hydrogen) atoms. The highest BCUT2D eigenvalue weighted by molar-refractivity contribution is 5.91. The molecule has 0 saturated carbocycles. The number of carbonyl (C=O) groups is 1. The number of carbonyl (C=O) groups excluding carboxylic acids is 1. The summed E-state index contributed by atoms with van der Waals surface area (Å²) in [6.07, 6.45) is 0. The minimum absolute atomic E-state index is 0.124. The Labute approximate surface area is 121 Å². The first-order valence-electron chi connectivity index (χ1n) is 6.35. The lowest BCUT2D eigenvalue weighted by Crippen LogP contribution is -2.09. The highest BCUT2D eigenvalue weighted by atomic mass is 16.5. The number of ether oxygens (including phenoxy) is 1. The quantitative estimate of drug-likeness (QED) is 0.672. The van der Waals surface area contributed by atoms with Gasteiger partial charge in [-0.05, 0) is 18.2 Å². The Morgan fingerprint density at radius 3 is 2.52 bits per heavy atom. The summed E-state index contributed by atoms with van der Waals surface area (Å²) < 4.78 is 5.25. The fourth-order valence-corrected chi connectivity index (χ4v) is 2.02. The van der Waals surface area contributed by atoms with Gasteiger partial charge in [0.1, 0.15) is 6.07 Å². The lowest BCUT2D eigenvalue weighted by molar-refractivity contribution is 0.0728. The number of nitrogens with zero attached hydrogens (tertiary/aromatic N) is 2. The average Bonchev–Trinajstić information content (AvgIpc) is 2.55. The minimum atomic E-state index is -0.498. The third-order valence-electron chi connectivity index (χ3n) is 3.02. The van der Waals surface area contributed by atoms with Crippen molar-refractivity contribution in [2.75, 3.05) is 0 Å². The van der Waals surface area contributed by atoms with Crippen LogP contribution in [0.1, 0.15) is 15.9 Å². The summed E-state index contributed by atoms with van der Waals surface area (Å²) in [7, 11) is 0. The zero-order valence-electron chi connectivity index (χ0n) is 11.0. The van der Waals surface area contributed by atoms with Crippen molar-refractivity contribution >= 4 is 16.9 Å². The molecule has 100 valence electrons. The lowest BCUT2D eigenvalue weighted by Gasteiger charge is -2.06. The van der Waals surface area contributed by atoms with E-state index < -0.39 is 5.97 Å². The van der Waals surface area contributed by atoms with Gasteiger partial charge in [-0.2, -0.15) is 5.26 Å². The largest absolute Gasteiger partial charge is 0.404 e. The standard InChI is InChI=1S/C17H10N2O2/c18-11-13-10-16(19-15-9-5-4-8-14(13)15)21-17(20)12-6-2-1-3-7-12/h1-10H. The number of benzene rings is 2. The van der Waals surface area contributed by atoms with Gasteiger partial charge in [-0.1, -0.05) is 36.4 Å². The molecule has 1 aromatic heterocycles. The van der Waals surface area contributed by atoms with Gasteiger partial charge in [0.2, 0.25) is 5.88 Å². The number of rotatable bonds is 2. The average molecular weight is 274 g/mol. The fourth-order valence-electron chi connectivity index (χ4n) is 2.02. The summed E-state index contributed by atoms with van der Waals surface area (Å²) in [5.41, 5.74) is 1.48. The van der Waals surface area contributed by atoms with E-state index in [1.807, 2.05) is 24.3 Å². The summed E-state index contributed by atoms with van der Waals surface area (Å²) in [6, 6.07) is 19.5. The molecule has 3 aromatic rings. The molecular formula is C17H10N2O2. The first-order chi connectivity index (χ1) is 10.3. The molecule has 0 spiro atoms. The fraction of sp³-hybridized carbons (Fsp3) is 0. The molecule has 0 N–H and O–H groups in total. The van der Waals surface area contributed by atoms with Gasteiger partial charge in [-0.25, -0.2) is 9.78 Å². The van der Waals surface area contributed by atoms with E-state index in [1.165, 1.54) is 6.07 Å². The van der Waals surface area contributed by atoms with E-state index in [-0.39, 0.29) is 5.88 Å². The second-order valence-electron chi connectivity index (χ2n) is 4.39. The first-order valence-corrected chi connectivity index (χ1v) is 6.35. The molecule has 4 heteroatoms. The molecule has 2 aromatic carbocycles. The number of nitriles is 1. The summed E-state index contributed by atoms with van der Waals surface area (Å²) in [5.74, 6) is -0.374. The molecule has 0 bridgehead atoms. The van der Waals surface area contributed by atoms with Crippen LogP contribution in [0.15, 0.2) is 60.7 Å². The van der Waals surface area contributed by atoms with Gasteiger partial charge < -0.3 is 4.74 Å². The monoisotopic (exact) mass is 274 g/mol. The predicted octanol–water partition coefficient (Wildman–Crippen LogP) is 3.33. The van der Waals surface area contributed by atoms with Crippen LogP contribution in [0.3, 0.4) is 0 Å². The molecule has 4 nitrogen and oxygen atoms in total. The number of para-hydroxylation sites is 1. The van der Waals surface area contributed by atoms with Crippen molar-refractivity contribution in [1.82, 2.24) is 4.98 Å². The highest BCUT2D eigenvalue weighted by Gasteiger charge is 2.11. The van der Waals surface area contributed by atoms with Crippen LogP contribution in [-0.4, -0.2) is 11.0 Å². The van der Waals surface area contributed by atoms with Crippen LogP contribution in [-0.2, 0) is 0 Å². The van der Waals surface area contributed by atoms with Gasteiger partial charge in [0.15, 0.2) is 0 Å². The van der Waals surface area contributed by atoms with E-state index in [1.54, 1.807) is 30.3 Å². The minimum Gasteiger partial charge on any atom is -0.404 e. The van der Waals surface area contributed by atoms with E-state index in [2.05, 4.69) is 11.1 Å². The van der Waals surface area contributed by atoms with Crippen LogP contribution in [0, 0.1) is 11.3 Å². The Balaban J connectivity index is 1.98. The lowest BCUT2D eigenvalue weighted by atomic mass is 10.1. The smallest absolute Gasteiger partial charge is 0.344 e. The van der Waals surface area contributed by atoms with Crippen LogP contribution >= 0.6 is 0 Å². The van der Waals surface area contributed by atoms with Gasteiger partial charge >= 0.3 is 5.97 Å². The van der Waals surface area contributed by atoms with Crippen molar-refractivity contribution in [2.24, 2.45) is 0 Å². The normalized spacial score (nSPS) is 10.0. The maximum Gasteiger partial charge on any atom is 0.344 e. The third-order valence-corrected chi connectivity index (χ3v) is 3.02. The van der Waals surface area contributed by atoms with Gasteiger partial charge in [0.05, 0.1) is 16.6 Å². The van der Waals surface area contributed by atoms with E-state index in [4.69, 9.17) is 4.74 Å². The summed E-state index contributed by atoms with van der Waals surface area (Å²) in [6.45, 7) is 0. The number of fused-ring (bicyclic) bond motifs is 1. The second-order valence-corrected chi connectivity index (χ2v) is 4.39. The molecule has 0 unspecified atom stereocenters.